The van der Waals surface area contributed by atoms with Crippen LogP contribution in [0.5, 0.6) is 0 Å². The van der Waals surface area contributed by atoms with Crippen LogP contribution in [-0.4, -0.2) is 58.5 Å². The highest BCUT2D eigenvalue weighted by molar-refractivity contribution is 7.86. The summed E-state index contributed by atoms with van der Waals surface area (Å²) in [6.07, 6.45) is 4.40. The third-order valence-electron chi connectivity index (χ3n) is 4.22. The average molecular weight is 390 g/mol. The van der Waals surface area contributed by atoms with Gasteiger partial charge in [0.1, 0.15) is 4.90 Å². The zero-order valence-corrected chi connectivity index (χ0v) is 14.7. The summed E-state index contributed by atoms with van der Waals surface area (Å²) in [6, 6.07) is 2.84. The molecule has 0 bridgehead atoms. The zero-order valence-electron chi connectivity index (χ0n) is 13.9. The summed E-state index contributed by atoms with van der Waals surface area (Å²) in [5.41, 5.74) is -1.58. The molecular formula is C16H22O9S. The van der Waals surface area contributed by atoms with Crippen LogP contribution in [0.2, 0.25) is 0 Å². The molecule has 10 heteroatoms. The summed E-state index contributed by atoms with van der Waals surface area (Å²) in [6.45, 7) is 0.663. The van der Waals surface area contributed by atoms with Crippen LogP contribution in [0.15, 0.2) is 23.1 Å². The van der Waals surface area contributed by atoms with Gasteiger partial charge in [-0.15, -0.1) is 0 Å². The fraction of sp³-hybridized carbons (Fsp3) is 0.500. The fourth-order valence-corrected chi connectivity index (χ4v) is 3.61. The molecule has 1 aliphatic carbocycles. The Morgan fingerprint density at radius 1 is 0.885 bits per heavy atom. The van der Waals surface area contributed by atoms with Crippen molar-refractivity contribution in [3.8, 4) is 0 Å². The maximum Gasteiger partial charge on any atom is 0.337 e. The normalized spacial score (nSPS) is 20.0. The van der Waals surface area contributed by atoms with Crippen LogP contribution in [0, 0.1) is 11.8 Å². The van der Waals surface area contributed by atoms with E-state index >= 15 is 0 Å². The third kappa shape index (κ3) is 6.06. The first-order chi connectivity index (χ1) is 12.1. The van der Waals surface area contributed by atoms with E-state index in [-0.39, 0.29) is 0 Å². The first-order valence-electron chi connectivity index (χ1n) is 7.90. The number of aromatic carboxylic acids is 2. The number of aliphatic hydroxyl groups is 2. The van der Waals surface area contributed by atoms with Gasteiger partial charge >= 0.3 is 11.9 Å². The average Bonchev–Trinajstić information content (AvgIpc) is 2.60. The molecule has 0 aliphatic heterocycles. The first kappa shape index (κ1) is 22.0. The highest BCUT2D eigenvalue weighted by Gasteiger charge is 2.27. The van der Waals surface area contributed by atoms with E-state index in [1.807, 2.05) is 0 Å². The Labute approximate surface area is 150 Å². The van der Waals surface area contributed by atoms with Crippen molar-refractivity contribution in [1.29, 1.82) is 0 Å². The minimum absolute atomic E-state index is 0.331. The van der Waals surface area contributed by atoms with Crippen molar-refractivity contribution in [2.24, 2.45) is 11.8 Å². The molecule has 0 unspecified atom stereocenters. The lowest BCUT2D eigenvalue weighted by Crippen LogP contribution is -2.19. The second-order valence-electron chi connectivity index (χ2n) is 6.02. The Bertz CT molecular complexity index is 690. The molecule has 1 saturated carbocycles. The topological polar surface area (TPSA) is 169 Å². The smallest absolute Gasteiger partial charge is 0.337 e. The number of rotatable bonds is 5. The number of hydrogen-bond acceptors (Lipinski definition) is 6. The Balaban J connectivity index is 0.000000289. The van der Waals surface area contributed by atoms with Gasteiger partial charge in [-0.25, -0.2) is 9.59 Å². The van der Waals surface area contributed by atoms with Gasteiger partial charge in [-0.05, 0) is 49.7 Å². The van der Waals surface area contributed by atoms with Gasteiger partial charge in [-0.1, -0.05) is 6.07 Å². The van der Waals surface area contributed by atoms with Gasteiger partial charge in [-0.3, -0.25) is 4.55 Å². The Hall–Kier alpha value is -2.01. The van der Waals surface area contributed by atoms with Gasteiger partial charge in [0.15, 0.2) is 0 Å². The fourth-order valence-electron chi connectivity index (χ4n) is 2.75. The molecule has 26 heavy (non-hydrogen) atoms. The number of carboxylic acids is 2. The van der Waals surface area contributed by atoms with E-state index in [0.717, 1.165) is 43.9 Å². The van der Waals surface area contributed by atoms with Crippen molar-refractivity contribution in [2.75, 3.05) is 13.2 Å². The van der Waals surface area contributed by atoms with Crippen LogP contribution in [0.25, 0.3) is 0 Å². The predicted molar refractivity (Wildman–Crippen MR) is 89.8 cm³/mol. The molecule has 0 aromatic heterocycles. The number of carboxylic acid groups (broad SMARTS) is 2. The second-order valence-corrected chi connectivity index (χ2v) is 7.38. The number of hydrogen-bond donors (Lipinski definition) is 5. The molecular weight excluding hydrogens is 368 g/mol. The van der Waals surface area contributed by atoms with Crippen LogP contribution in [0.3, 0.4) is 0 Å². The zero-order chi connectivity index (χ0) is 19.9. The van der Waals surface area contributed by atoms with Gasteiger partial charge < -0.3 is 20.4 Å². The molecule has 1 aromatic rings. The molecule has 2 rings (SSSR count). The standard InChI is InChI=1S/C8H6O7S.C8H16O2/c9-7(10)4-2-1-3-5(8(11)12)6(4)16(13,14)15;9-5-7-1-2-8(6-10)4-3-7/h1-3H,(H,9,10)(H,11,12)(H,13,14,15);7-10H,1-6H2. The summed E-state index contributed by atoms with van der Waals surface area (Å²) in [7, 11) is -4.92. The molecule has 0 heterocycles. The molecule has 0 amide bonds. The minimum Gasteiger partial charge on any atom is -0.478 e. The van der Waals surface area contributed by atoms with E-state index in [1.54, 1.807) is 0 Å². The maximum atomic E-state index is 10.9. The lowest BCUT2D eigenvalue weighted by Gasteiger charge is -2.25. The SMILES string of the molecule is O=C(O)c1cccc(C(=O)O)c1S(=O)(=O)O.OCC1CCC(CO)CC1. The van der Waals surface area contributed by atoms with Crippen LogP contribution in [0.4, 0.5) is 0 Å². The monoisotopic (exact) mass is 390 g/mol. The van der Waals surface area contributed by atoms with E-state index in [2.05, 4.69) is 0 Å². The van der Waals surface area contributed by atoms with Gasteiger partial charge in [0.2, 0.25) is 0 Å². The molecule has 0 atom stereocenters. The molecule has 1 aliphatic rings. The number of carbonyl (C=O) groups is 2. The molecule has 0 saturated heterocycles. The Morgan fingerprint density at radius 2 is 1.23 bits per heavy atom. The van der Waals surface area contributed by atoms with Gasteiger partial charge in [0, 0.05) is 13.2 Å². The molecule has 0 radical (unpaired) electrons. The lowest BCUT2D eigenvalue weighted by atomic mass is 9.83. The largest absolute Gasteiger partial charge is 0.478 e. The molecule has 1 aromatic carbocycles. The van der Waals surface area contributed by atoms with E-state index in [4.69, 9.17) is 25.0 Å². The van der Waals surface area contributed by atoms with E-state index in [1.165, 1.54) is 0 Å². The van der Waals surface area contributed by atoms with Crippen molar-refractivity contribution >= 4 is 22.1 Å². The Morgan fingerprint density at radius 3 is 1.46 bits per heavy atom. The molecule has 1 fully saturated rings. The molecule has 5 N–H and O–H groups in total. The number of benzene rings is 1. The van der Waals surface area contributed by atoms with Gasteiger partial charge in [0.05, 0.1) is 11.1 Å². The van der Waals surface area contributed by atoms with Crippen LogP contribution in [-0.2, 0) is 10.1 Å². The highest BCUT2D eigenvalue weighted by atomic mass is 32.2. The Kier molecular flexibility index (Phi) is 8.15. The highest BCUT2D eigenvalue weighted by Crippen LogP contribution is 2.27. The van der Waals surface area contributed by atoms with Crippen molar-refractivity contribution in [3.63, 3.8) is 0 Å². The van der Waals surface area contributed by atoms with Crippen molar-refractivity contribution < 1.29 is 43.0 Å². The maximum absolute atomic E-state index is 10.9. The summed E-state index contributed by atoms with van der Waals surface area (Å²) < 4.78 is 30.6. The summed E-state index contributed by atoms with van der Waals surface area (Å²) in [5, 5.41) is 34.9. The molecule has 9 nitrogen and oxygen atoms in total. The quantitative estimate of drug-likeness (QED) is 0.462. The molecule has 0 spiro atoms. The summed E-state index contributed by atoms with van der Waals surface area (Å²) >= 11 is 0. The van der Waals surface area contributed by atoms with Crippen LogP contribution in [0.1, 0.15) is 46.4 Å². The van der Waals surface area contributed by atoms with Crippen LogP contribution >= 0.6 is 0 Å². The second kappa shape index (κ2) is 9.62. The third-order valence-corrected chi connectivity index (χ3v) is 5.17. The van der Waals surface area contributed by atoms with E-state index in [9.17, 15) is 18.0 Å². The van der Waals surface area contributed by atoms with Gasteiger partial charge in [-0.2, -0.15) is 8.42 Å². The lowest BCUT2D eigenvalue weighted by molar-refractivity contribution is 0.0688. The summed E-state index contributed by atoms with van der Waals surface area (Å²) in [5.74, 6) is -2.25. The first-order valence-corrected chi connectivity index (χ1v) is 9.34. The predicted octanol–water partition coefficient (Wildman–Crippen LogP) is 1.11. The van der Waals surface area contributed by atoms with Crippen molar-refractivity contribution in [1.82, 2.24) is 0 Å². The van der Waals surface area contributed by atoms with E-state index in [0.29, 0.717) is 25.0 Å². The van der Waals surface area contributed by atoms with Gasteiger partial charge in [0.25, 0.3) is 10.1 Å². The summed E-state index contributed by atoms with van der Waals surface area (Å²) in [4.78, 5) is 20.2. The minimum atomic E-state index is -4.92. The van der Waals surface area contributed by atoms with Crippen LogP contribution < -0.4 is 0 Å². The number of aliphatic hydroxyl groups excluding tert-OH is 2. The van der Waals surface area contributed by atoms with Crippen molar-refractivity contribution in [2.45, 2.75) is 30.6 Å². The van der Waals surface area contributed by atoms with Crippen molar-refractivity contribution in [3.05, 3.63) is 29.3 Å². The van der Waals surface area contributed by atoms with E-state index < -0.39 is 38.1 Å². The molecule has 146 valence electrons.